The summed E-state index contributed by atoms with van der Waals surface area (Å²) in [6.45, 7) is 9.43. The zero-order valence-electron chi connectivity index (χ0n) is 14.6. The standard InChI is InChI=1S/C16H32N4O2.HI/c1-3-17-15(18-8-13-21-2)19-14-16(6-11-22-12-7-16)20-9-4-5-10-20;/h3-14H2,1-2H3,(H2,17,18,19);1H. The lowest BCUT2D eigenvalue weighted by Gasteiger charge is -2.43. The lowest BCUT2D eigenvalue weighted by molar-refractivity contribution is -0.0139. The Kier molecular flexibility index (Phi) is 10.4. The van der Waals surface area contributed by atoms with Crippen LogP contribution >= 0.6 is 24.0 Å². The maximum absolute atomic E-state index is 5.60. The molecule has 0 saturated carbocycles. The summed E-state index contributed by atoms with van der Waals surface area (Å²) in [6.07, 6.45) is 4.82. The van der Waals surface area contributed by atoms with Crippen LogP contribution in [0, 0.1) is 0 Å². The fraction of sp³-hybridized carbons (Fsp3) is 0.938. The highest BCUT2D eigenvalue weighted by molar-refractivity contribution is 14.0. The summed E-state index contributed by atoms with van der Waals surface area (Å²) in [7, 11) is 1.72. The van der Waals surface area contributed by atoms with E-state index in [4.69, 9.17) is 14.5 Å². The molecule has 2 N–H and O–H groups in total. The Hall–Kier alpha value is -0.120. The van der Waals surface area contributed by atoms with E-state index < -0.39 is 0 Å². The highest BCUT2D eigenvalue weighted by atomic mass is 127. The monoisotopic (exact) mass is 440 g/mol. The van der Waals surface area contributed by atoms with Crippen LogP contribution in [0.3, 0.4) is 0 Å². The number of aliphatic imine (C=N–C) groups is 1. The molecule has 0 aromatic heterocycles. The minimum atomic E-state index is 0. The van der Waals surface area contributed by atoms with E-state index in [0.29, 0.717) is 6.61 Å². The molecule has 23 heavy (non-hydrogen) atoms. The molecule has 2 aliphatic rings. The van der Waals surface area contributed by atoms with Gasteiger partial charge in [0.05, 0.1) is 13.2 Å². The molecular weight excluding hydrogens is 407 g/mol. The molecule has 0 spiro atoms. The molecule has 0 radical (unpaired) electrons. The van der Waals surface area contributed by atoms with E-state index in [-0.39, 0.29) is 29.5 Å². The number of nitrogens with zero attached hydrogens (tertiary/aromatic N) is 2. The minimum Gasteiger partial charge on any atom is -0.383 e. The highest BCUT2D eigenvalue weighted by Crippen LogP contribution is 2.31. The van der Waals surface area contributed by atoms with E-state index in [1.165, 1.54) is 25.9 Å². The summed E-state index contributed by atoms with van der Waals surface area (Å²) < 4.78 is 10.7. The van der Waals surface area contributed by atoms with Crippen molar-refractivity contribution in [2.45, 2.75) is 38.1 Å². The van der Waals surface area contributed by atoms with Gasteiger partial charge in [-0.15, -0.1) is 24.0 Å². The number of hydrogen-bond donors (Lipinski definition) is 2. The molecule has 2 rings (SSSR count). The largest absolute Gasteiger partial charge is 0.383 e. The van der Waals surface area contributed by atoms with Gasteiger partial charge in [0, 0.05) is 39.0 Å². The zero-order chi connectivity index (χ0) is 15.7. The van der Waals surface area contributed by atoms with Gasteiger partial charge in [-0.1, -0.05) is 0 Å². The van der Waals surface area contributed by atoms with Gasteiger partial charge < -0.3 is 20.1 Å². The number of hydrogen-bond acceptors (Lipinski definition) is 4. The molecule has 2 fully saturated rings. The molecule has 0 bridgehead atoms. The average molecular weight is 440 g/mol. The number of halogens is 1. The van der Waals surface area contributed by atoms with Crippen LogP contribution in [-0.4, -0.2) is 76.1 Å². The maximum atomic E-state index is 5.60. The molecule has 2 saturated heterocycles. The molecule has 0 amide bonds. The van der Waals surface area contributed by atoms with Crippen molar-refractivity contribution < 1.29 is 9.47 Å². The molecule has 0 unspecified atom stereocenters. The van der Waals surface area contributed by atoms with E-state index in [0.717, 1.165) is 51.6 Å². The second-order valence-corrected chi connectivity index (χ2v) is 6.15. The molecule has 2 aliphatic heterocycles. The number of guanidine groups is 1. The van der Waals surface area contributed by atoms with Gasteiger partial charge in [0.25, 0.3) is 0 Å². The number of likely N-dealkylation sites (tertiary alicyclic amines) is 1. The third-order valence-corrected chi connectivity index (χ3v) is 4.67. The SMILES string of the molecule is CCNC(=NCC1(N2CCCC2)CCOCC1)NCCOC.I. The first kappa shape index (κ1) is 20.9. The predicted octanol–water partition coefficient (Wildman–Crippen LogP) is 1.45. The van der Waals surface area contributed by atoms with E-state index in [9.17, 15) is 0 Å². The van der Waals surface area contributed by atoms with Gasteiger partial charge in [-0.3, -0.25) is 9.89 Å². The van der Waals surface area contributed by atoms with Crippen LogP contribution in [0.1, 0.15) is 32.6 Å². The van der Waals surface area contributed by atoms with E-state index in [1.807, 2.05) is 0 Å². The lowest BCUT2D eigenvalue weighted by Crippen LogP contribution is -2.54. The fourth-order valence-electron chi connectivity index (χ4n) is 3.36. The Morgan fingerprint density at radius 2 is 1.91 bits per heavy atom. The van der Waals surface area contributed by atoms with Gasteiger partial charge in [0.2, 0.25) is 0 Å². The summed E-state index contributed by atoms with van der Waals surface area (Å²) in [5.74, 6) is 0.893. The Morgan fingerprint density at radius 1 is 1.22 bits per heavy atom. The first-order valence-corrected chi connectivity index (χ1v) is 8.65. The van der Waals surface area contributed by atoms with E-state index in [2.05, 4.69) is 22.5 Å². The van der Waals surface area contributed by atoms with Crippen LogP contribution in [0.2, 0.25) is 0 Å². The average Bonchev–Trinajstić information content (AvgIpc) is 3.09. The zero-order valence-corrected chi connectivity index (χ0v) is 16.9. The van der Waals surface area contributed by atoms with Gasteiger partial charge in [0.15, 0.2) is 5.96 Å². The van der Waals surface area contributed by atoms with Crippen molar-refractivity contribution in [1.29, 1.82) is 0 Å². The summed E-state index contributed by atoms with van der Waals surface area (Å²) in [4.78, 5) is 7.52. The Labute approximate surface area is 157 Å². The van der Waals surface area contributed by atoms with Crippen molar-refractivity contribution in [3.05, 3.63) is 0 Å². The first-order chi connectivity index (χ1) is 10.8. The Morgan fingerprint density at radius 3 is 2.52 bits per heavy atom. The number of nitrogens with one attached hydrogen (secondary N) is 2. The Bertz CT molecular complexity index is 343. The summed E-state index contributed by atoms with van der Waals surface area (Å²) in [5.41, 5.74) is 0.193. The molecule has 6 nitrogen and oxygen atoms in total. The minimum absolute atomic E-state index is 0. The van der Waals surface area contributed by atoms with Crippen LogP contribution in [0.4, 0.5) is 0 Å². The summed E-state index contributed by atoms with van der Waals surface area (Å²) >= 11 is 0. The lowest BCUT2D eigenvalue weighted by atomic mass is 9.88. The topological polar surface area (TPSA) is 58.1 Å². The van der Waals surface area contributed by atoms with Crippen LogP contribution in [0.5, 0.6) is 0 Å². The van der Waals surface area contributed by atoms with Crippen molar-refractivity contribution >= 4 is 29.9 Å². The second-order valence-electron chi connectivity index (χ2n) is 6.15. The molecule has 136 valence electrons. The molecule has 0 atom stereocenters. The molecular formula is C16H33IN4O2. The number of rotatable bonds is 7. The van der Waals surface area contributed by atoms with Gasteiger partial charge in [-0.25, -0.2) is 0 Å². The van der Waals surface area contributed by atoms with Crippen molar-refractivity contribution in [1.82, 2.24) is 15.5 Å². The normalized spacial score (nSPS) is 21.7. The highest BCUT2D eigenvalue weighted by Gasteiger charge is 2.39. The van der Waals surface area contributed by atoms with Gasteiger partial charge in [0.1, 0.15) is 0 Å². The molecule has 7 heteroatoms. The molecule has 0 aliphatic carbocycles. The van der Waals surface area contributed by atoms with Gasteiger partial charge in [-0.2, -0.15) is 0 Å². The molecule has 2 heterocycles. The maximum Gasteiger partial charge on any atom is 0.191 e. The van der Waals surface area contributed by atoms with Crippen LogP contribution in [0.25, 0.3) is 0 Å². The quantitative estimate of drug-likeness (QED) is 0.272. The predicted molar refractivity (Wildman–Crippen MR) is 105 cm³/mol. The number of methoxy groups -OCH3 is 1. The van der Waals surface area contributed by atoms with Crippen LogP contribution in [-0.2, 0) is 9.47 Å². The van der Waals surface area contributed by atoms with Gasteiger partial charge in [-0.05, 0) is 45.7 Å². The van der Waals surface area contributed by atoms with Crippen molar-refractivity contribution in [3.63, 3.8) is 0 Å². The Balaban J connectivity index is 0.00000264. The first-order valence-electron chi connectivity index (χ1n) is 8.65. The summed E-state index contributed by atoms with van der Waals surface area (Å²) in [5, 5.41) is 6.66. The smallest absolute Gasteiger partial charge is 0.191 e. The van der Waals surface area contributed by atoms with Gasteiger partial charge >= 0.3 is 0 Å². The van der Waals surface area contributed by atoms with Crippen molar-refractivity contribution in [2.75, 3.05) is 59.7 Å². The van der Waals surface area contributed by atoms with Crippen LogP contribution < -0.4 is 10.6 Å². The van der Waals surface area contributed by atoms with Crippen molar-refractivity contribution in [3.8, 4) is 0 Å². The van der Waals surface area contributed by atoms with Crippen molar-refractivity contribution in [2.24, 2.45) is 4.99 Å². The van der Waals surface area contributed by atoms with Crippen LogP contribution in [0.15, 0.2) is 4.99 Å². The van der Waals surface area contributed by atoms with E-state index >= 15 is 0 Å². The second kappa shape index (κ2) is 11.4. The molecule has 0 aromatic carbocycles. The third-order valence-electron chi connectivity index (χ3n) is 4.67. The van der Waals surface area contributed by atoms with E-state index in [1.54, 1.807) is 7.11 Å². The molecule has 0 aromatic rings. The third kappa shape index (κ3) is 6.36. The number of ether oxygens (including phenoxy) is 2. The fourth-order valence-corrected chi connectivity index (χ4v) is 3.36. The summed E-state index contributed by atoms with van der Waals surface area (Å²) in [6, 6.07) is 0.